The molecule has 0 aromatic heterocycles. The number of rotatable bonds is 9. The molecule has 0 fully saturated rings. The standard InChI is InChI=1S/C30H36O2/c1-5-22(2)23-15-17-27(18-16-23)31-29(21-30(3,4)26-13-7-6-8-14-26)32-28-19-24-11-9-10-12-25(24)20-28/h6-18,22,28-29H,5,19-21H2,1-4H3. The summed E-state index contributed by atoms with van der Waals surface area (Å²) in [5.74, 6) is 1.44. The molecule has 0 aliphatic heterocycles. The van der Waals surface area contributed by atoms with Gasteiger partial charge in [0.25, 0.3) is 0 Å². The van der Waals surface area contributed by atoms with Crippen LogP contribution in [0.5, 0.6) is 5.75 Å². The van der Waals surface area contributed by atoms with Crippen LogP contribution < -0.4 is 4.74 Å². The zero-order valence-electron chi connectivity index (χ0n) is 19.9. The molecule has 168 valence electrons. The Kier molecular flexibility index (Phi) is 7.01. The molecule has 1 aliphatic rings. The normalized spacial score (nSPS) is 15.9. The predicted molar refractivity (Wildman–Crippen MR) is 132 cm³/mol. The van der Waals surface area contributed by atoms with Crippen molar-refractivity contribution in [1.29, 1.82) is 0 Å². The van der Waals surface area contributed by atoms with Crippen molar-refractivity contribution >= 4 is 0 Å². The van der Waals surface area contributed by atoms with Crippen LogP contribution in [0.15, 0.2) is 78.9 Å². The van der Waals surface area contributed by atoms with E-state index in [0.717, 1.165) is 31.4 Å². The molecule has 0 spiro atoms. The number of benzene rings is 3. The minimum absolute atomic E-state index is 0.0615. The topological polar surface area (TPSA) is 18.5 Å². The highest BCUT2D eigenvalue weighted by molar-refractivity contribution is 5.33. The Morgan fingerprint density at radius 1 is 0.844 bits per heavy atom. The van der Waals surface area contributed by atoms with Crippen molar-refractivity contribution in [2.45, 2.75) is 77.1 Å². The van der Waals surface area contributed by atoms with Crippen LogP contribution in [0.25, 0.3) is 0 Å². The lowest BCUT2D eigenvalue weighted by Crippen LogP contribution is -2.34. The summed E-state index contributed by atoms with van der Waals surface area (Å²) in [5, 5.41) is 0. The maximum Gasteiger partial charge on any atom is 0.200 e. The van der Waals surface area contributed by atoms with E-state index < -0.39 is 0 Å². The van der Waals surface area contributed by atoms with Gasteiger partial charge in [-0.1, -0.05) is 94.4 Å². The number of ether oxygens (including phenoxy) is 2. The summed E-state index contributed by atoms with van der Waals surface area (Å²) in [7, 11) is 0. The number of hydrogen-bond acceptors (Lipinski definition) is 2. The first-order valence-corrected chi connectivity index (χ1v) is 12.0. The summed E-state index contributed by atoms with van der Waals surface area (Å²) >= 11 is 0. The van der Waals surface area contributed by atoms with Crippen LogP contribution >= 0.6 is 0 Å². The highest BCUT2D eigenvalue weighted by atomic mass is 16.7. The van der Waals surface area contributed by atoms with Gasteiger partial charge in [0.05, 0.1) is 6.10 Å². The third kappa shape index (κ3) is 5.42. The molecule has 2 nitrogen and oxygen atoms in total. The molecule has 32 heavy (non-hydrogen) atoms. The van der Waals surface area contributed by atoms with Gasteiger partial charge in [0, 0.05) is 6.42 Å². The molecular formula is C30H36O2. The van der Waals surface area contributed by atoms with E-state index in [1.165, 1.54) is 22.3 Å². The fourth-order valence-electron chi connectivity index (χ4n) is 4.63. The molecule has 4 rings (SSSR count). The van der Waals surface area contributed by atoms with Crippen molar-refractivity contribution in [1.82, 2.24) is 0 Å². The van der Waals surface area contributed by atoms with Gasteiger partial charge in [0.2, 0.25) is 6.29 Å². The Hall–Kier alpha value is -2.58. The molecule has 0 amide bonds. The van der Waals surface area contributed by atoms with Crippen LogP contribution in [-0.2, 0) is 23.0 Å². The summed E-state index contributed by atoms with van der Waals surface area (Å²) in [6.45, 7) is 9.04. The third-order valence-electron chi connectivity index (χ3n) is 6.92. The van der Waals surface area contributed by atoms with E-state index in [1.807, 2.05) is 0 Å². The molecular weight excluding hydrogens is 392 g/mol. The first-order valence-electron chi connectivity index (χ1n) is 12.0. The average Bonchev–Trinajstić information content (AvgIpc) is 3.21. The van der Waals surface area contributed by atoms with Gasteiger partial charge in [-0.25, -0.2) is 0 Å². The molecule has 0 N–H and O–H groups in total. The SMILES string of the molecule is CCC(C)c1ccc(OC(CC(C)(C)c2ccccc2)OC2Cc3ccccc3C2)cc1. The van der Waals surface area contributed by atoms with E-state index in [2.05, 4.69) is 107 Å². The molecule has 1 aliphatic carbocycles. The van der Waals surface area contributed by atoms with Gasteiger partial charge in [-0.05, 0) is 65.0 Å². The lowest BCUT2D eigenvalue weighted by Gasteiger charge is -2.32. The molecule has 0 bridgehead atoms. The van der Waals surface area contributed by atoms with Gasteiger partial charge in [0.1, 0.15) is 5.75 Å². The lowest BCUT2D eigenvalue weighted by molar-refractivity contribution is -0.127. The molecule has 0 saturated heterocycles. The first kappa shape index (κ1) is 22.6. The van der Waals surface area contributed by atoms with Crippen LogP contribution in [0.1, 0.15) is 68.7 Å². The van der Waals surface area contributed by atoms with E-state index in [4.69, 9.17) is 9.47 Å². The van der Waals surface area contributed by atoms with Crippen molar-refractivity contribution < 1.29 is 9.47 Å². The number of hydrogen-bond donors (Lipinski definition) is 0. The fraction of sp³-hybridized carbons (Fsp3) is 0.400. The van der Waals surface area contributed by atoms with E-state index in [9.17, 15) is 0 Å². The van der Waals surface area contributed by atoms with Crippen LogP contribution in [-0.4, -0.2) is 12.4 Å². The van der Waals surface area contributed by atoms with Crippen molar-refractivity contribution in [3.8, 4) is 5.75 Å². The molecule has 0 heterocycles. The van der Waals surface area contributed by atoms with Crippen molar-refractivity contribution in [3.63, 3.8) is 0 Å². The van der Waals surface area contributed by atoms with Gasteiger partial charge in [-0.3, -0.25) is 0 Å². The first-order chi connectivity index (χ1) is 15.4. The Morgan fingerprint density at radius 2 is 1.44 bits per heavy atom. The van der Waals surface area contributed by atoms with E-state index in [1.54, 1.807) is 0 Å². The van der Waals surface area contributed by atoms with Crippen LogP contribution in [0.2, 0.25) is 0 Å². The van der Waals surface area contributed by atoms with Gasteiger partial charge >= 0.3 is 0 Å². The Labute approximate surface area is 193 Å². The van der Waals surface area contributed by atoms with Gasteiger partial charge in [-0.2, -0.15) is 0 Å². The second kappa shape index (κ2) is 9.92. The molecule has 3 aromatic carbocycles. The zero-order valence-corrected chi connectivity index (χ0v) is 19.9. The van der Waals surface area contributed by atoms with Gasteiger partial charge in [0.15, 0.2) is 0 Å². The second-order valence-electron chi connectivity index (χ2n) is 9.81. The smallest absolute Gasteiger partial charge is 0.200 e. The summed E-state index contributed by atoms with van der Waals surface area (Å²) in [5.41, 5.74) is 5.40. The molecule has 2 atom stereocenters. The summed E-state index contributed by atoms with van der Waals surface area (Å²) in [6.07, 6.45) is 3.68. The average molecular weight is 429 g/mol. The quantitative estimate of drug-likeness (QED) is 0.329. The molecule has 2 heteroatoms. The molecule has 0 saturated carbocycles. The predicted octanol–water partition coefficient (Wildman–Crippen LogP) is 7.46. The van der Waals surface area contributed by atoms with E-state index >= 15 is 0 Å². The Morgan fingerprint density at radius 3 is 2.03 bits per heavy atom. The third-order valence-corrected chi connectivity index (χ3v) is 6.92. The van der Waals surface area contributed by atoms with E-state index in [0.29, 0.717) is 5.92 Å². The lowest BCUT2D eigenvalue weighted by atomic mass is 9.81. The maximum atomic E-state index is 6.63. The Balaban J connectivity index is 1.51. The highest BCUT2D eigenvalue weighted by Crippen LogP contribution is 2.33. The van der Waals surface area contributed by atoms with Crippen LogP contribution in [0.4, 0.5) is 0 Å². The highest BCUT2D eigenvalue weighted by Gasteiger charge is 2.31. The molecule has 2 unspecified atom stereocenters. The fourth-order valence-corrected chi connectivity index (χ4v) is 4.63. The number of fused-ring (bicyclic) bond motifs is 1. The largest absolute Gasteiger partial charge is 0.465 e. The molecule has 3 aromatic rings. The van der Waals surface area contributed by atoms with E-state index in [-0.39, 0.29) is 17.8 Å². The summed E-state index contributed by atoms with van der Waals surface area (Å²) < 4.78 is 13.1. The van der Waals surface area contributed by atoms with Gasteiger partial charge in [-0.15, -0.1) is 0 Å². The van der Waals surface area contributed by atoms with Crippen LogP contribution in [0, 0.1) is 0 Å². The van der Waals surface area contributed by atoms with Crippen molar-refractivity contribution in [2.24, 2.45) is 0 Å². The van der Waals surface area contributed by atoms with Crippen molar-refractivity contribution in [3.05, 3.63) is 101 Å². The maximum absolute atomic E-state index is 6.63. The minimum Gasteiger partial charge on any atom is -0.465 e. The van der Waals surface area contributed by atoms with Gasteiger partial charge < -0.3 is 9.47 Å². The second-order valence-corrected chi connectivity index (χ2v) is 9.81. The molecule has 0 radical (unpaired) electrons. The summed E-state index contributed by atoms with van der Waals surface area (Å²) in [6, 6.07) is 27.9. The summed E-state index contributed by atoms with van der Waals surface area (Å²) in [4.78, 5) is 0. The monoisotopic (exact) mass is 428 g/mol. The zero-order chi connectivity index (χ0) is 22.6. The van der Waals surface area contributed by atoms with Crippen LogP contribution in [0.3, 0.4) is 0 Å². The Bertz CT molecular complexity index is 966. The van der Waals surface area contributed by atoms with Crippen molar-refractivity contribution in [2.75, 3.05) is 0 Å². The minimum atomic E-state index is -0.307.